The summed E-state index contributed by atoms with van der Waals surface area (Å²) in [7, 11) is 0. The van der Waals surface area contributed by atoms with E-state index in [1.54, 1.807) is 0 Å². The monoisotopic (exact) mass is 120 g/mol. The van der Waals surface area contributed by atoms with Crippen molar-refractivity contribution in [2.75, 3.05) is 0 Å². The van der Waals surface area contributed by atoms with Gasteiger partial charge in [0.2, 0.25) is 0 Å². The predicted molar refractivity (Wildman–Crippen MR) is 41.3 cm³/mol. The molecule has 1 aliphatic rings. The molecule has 1 aliphatic carbocycles. The molecule has 0 aliphatic heterocycles. The van der Waals surface area contributed by atoms with Crippen LogP contribution in [0.15, 0.2) is 36.0 Å². The molecule has 0 bridgehead atoms. The van der Waals surface area contributed by atoms with Crippen LogP contribution in [0.25, 0.3) is 0 Å². The Hall–Kier alpha value is -0.780. The topological polar surface area (TPSA) is 0 Å². The van der Waals surface area contributed by atoms with Gasteiger partial charge in [-0.25, -0.2) is 0 Å². The molecule has 0 aromatic carbocycles. The standard InChI is InChI=1S/C9H12/c1-3-8-5-6-9(4-2)7-8/h3,6-7H,1,4-5H2,2H3. The zero-order chi connectivity index (χ0) is 6.69. The lowest BCUT2D eigenvalue weighted by Crippen LogP contribution is -1.66. The molecule has 0 aromatic rings. The molecule has 0 unspecified atom stereocenters. The van der Waals surface area contributed by atoms with Gasteiger partial charge in [-0.1, -0.05) is 37.3 Å². The number of hydrogen-bond donors (Lipinski definition) is 0. The molecule has 0 heteroatoms. The van der Waals surface area contributed by atoms with Crippen LogP contribution in [-0.4, -0.2) is 0 Å². The summed E-state index contributed by atoms with van der Waals surface area (Å²) in [5.41, 5.74) is 2.80. The highest BCUT2D eigenvalue weighted by molar-refractivity contribution is 5.37. The van der Waals surface area contributed by atoms with E-state index in [0.29, 0.717) is 0 Å². The third-order valence-corrected chi connectivity index (χ3v) is 1.64. The van der Waals surface area contributed by atoms with E-state index in [1.165, 1.54) is 11.1 Å². The van der Waals surface area contributed by atoms with Crippen molar-refractivity contribution >= 4 is 0 Å². The van der Waals surface area contributed by atoms with E-state index in [0.717, 1.165) is 12.8 Å². The van der Waals surface area contributed by atoms with Gasteiger partial charge >= 0.3 is 0 Å². The SMILES string of the molecule is C=CC1=CC(CC)=CC1. The number of allylic oxidation sites excluding steroid dienone is 5. The minimum atomic E-state index is 1.09. The Morgan fingerprint density at radius 2 is 2.56 bits per heavy atom. The summed E-state index contributed by atoms with van der Waals surface area (Å²) >= 11 is 0. The van der Waals surface area contributed by atoms with E-state index in [1.807, 2.05) is 6.08 Å². The fraction of sp³-hybridized carbons (Fsp3) is 0.333. The highest BCUT2D eigenvalue weighted by Crippen LogP contribution is 2.19. The molecule has 48 valence electrons. The van der Waals surface area contributed by atoms with Gasteiger partial charge in [0.15, 0.2) is 0 Å². The predicted octanol–water partition coefficient (Wildman–Crippen LogP) is 2.84. The van der Waals surface area contributed by atoms with Crippen molar-refractivity contribution in [1.29, 1.82) is 0 Å². The third-order valence-electron chi connectivity index (χ3n) is 1.64. The normalized spacial score (nSPS) is 17.0. The fourth-order valence-electron chi connectivity index (χ4n) is 0.994. The van der Waals surface area contributed by atoms with Crippen LogP contribution in [-0.2, 0) is 0 Å². The molecule has 0 saturated carbocycles. The Morgan fingerprint density at radius 3 is 2.89 bits per heavy atom. The largest absolute Gasteiger partial charge is 0.0988 e. The lowest BCUT2D eigenvalue weighted by atomic mass is 10.2. The molecule has 0 fully saturated rings. The average molecular weight is 120 g/mol. The molecule has 0 N–H and O–H groups in total. The summed E-state index contributed by atoms with van der Waals surface area (Å²) in [5.74, 6) is 0. The van der Waals surface area contributed by atoms with Gasteiger partial charge in [0, 0.05) is 0 Å². The van der Waals surface area contributed by atoms with Crippen LogP contribution in [0, 0.1) is 0 Å². The average Bonchev–Trinajstić information content (AvgIpc) is 2.34. The highest BCUT2D eigenvalue weighted by Gasteiger charge is 1.99. The van der Waals surface area contributed by atoms with Crippen LogP contribution < -0.4 is 0 Å². The van der Waals surface area contributed by atoms with Crippen molar-refractivity contribution in [3.63, 3.8) is 0 Å². The minimum absolute atomic E-state index is 1.09. The highest BCUT2D eigenvalue weighted by atomic mass is 14.0. The lowest BCUT2D eigenvalue weighted by molar-refractivity contribution is 1.15. The Balaban J connectivity index is 2.62. The molecule has 0 nitrogen and oxygen atoms in total. The lowest BCUT2D eigenvalue weighted by Gasteiger charge is -1.86. The van der Waals surface area contributed by atoms with E-state index in [4.69, 9.17) is 0 Å². The van der Waals surface area contributed by atoms with Crippen LogP contribution in [0.4, 0.5) is 0 Å². The summed E-state index contributed by atoms with van der Waals surface area (Å²) in [6.45, 7) is 5.88. The second-order valence-electron chi connectivity index (χ2n) is 2.26. The van der Waals surface area contributed by atoms with Crippen LogP contribution in [0.5, 0.6) is 0 Å². The molecule has 0 amide bonds. The zero-order valence-electron chi connectivity index (χ0n) is 5.85. The summed E-state index contributed by atoms with van der Waals surface area (Å²) < 4.78 is 0. The van der Waals surface area contributed by atoms with Gasteiger partial charge in [-0.2, -0.15) is 0 Å². The second kappa shape index (κ2) is 2.67. The maximum Gasteiger partial charge on any atom is -0.00917 e. The van der Waals surface area contributed by atoms with Crippen molar-refractivity contribution < 1.29 is 0 Å². The second-order valence-corrected chi connectivity index (χ2v) is 2.26. The van der Waals surface area contributed by atoms with Crippen molar-refractivity contribution in [3.8, 4) is 0 Å². The molecule has 0 radical (unpaired) electrons. The summed E-state index contributed by atoms with van der Waals surface area (Å²) in [5, 5.41) is 0. The van der Waals surface area contributed by atoms with Crippen LogP contribution in [0.3, 0.4) is 0 Å². The Bertz CT molecular complexity index is 170. The Labute approximate surface area is 56.6 Å². The van der Waals surface area contributed by atoms with E-state index in [2.05, 4.69) is 25.7 Å². The van der Waals surface area contributed by atoms with Gasteiger partial charge in [0.05, 0.1) is 0 Å². The third kappa shape index (κ3) is 1.32. The zero-order valence-corrected chi connectivity index (χ0v) is 5.85. The van der Waals surface area contributed by atoms with Crippen molar-refractivity contribution in [2.45, 2.75) is 19.8 Å². The summed E-state index contributed by atoms with van der Waals surface area (Å²) in [6.07, 6.45) is 8.65. The van der Waals surface area contributed by atoms with Gasteiger partial charge in [0.1, 0.15) is 0 Å². The first-order chi connectivity index (χ1) is 4.36. The van der Waals surface area contributed by atoms with Gasteiger partial charge in [-0.05, 0) is 18.4 Å². The summed E-state index contributed by atoms with van der Waals surface area (Å²) in [4.78, 5) is 0. The van der Waals surface area contributed by atoms with Crippen LogP contribution in [0.2, 0.25) is 0 Å². The molecule has 0 heterocycles. The molecule has 0 saturated heterocycles. The van der Waals surface area contributed by atoms with Gasteiger partial charge in [-0.15, -0.1) is 0 Å². The minimum Gasteiger partial charge on any atom is -0.0988 e. The number of hydrogen-bond acceptors (Lipinski definition) is 0. The van der Waals surface area contributed by atoms with Crippen molar-refractivity contribution in [2.24, 2.45) is 0 Å². The van der Waals surface area contributed by atoms with E-state index < -0.39 is 0 Å². The van der Waals surface area contributed by atoms with Crippen LogP contribution >= 0.6 is 0 Å². The number of rotatable bonds is 2. The summed E-state index contributed by atoms with van der Waals surface area (Å²) in [6, 6.07) is 0. The van der Waals surface area contributed by atoms with Crippen LogP contribution in [0.1, 0.15) is 19.8 Å². The van der Waals surface area contributed by atoms with Crippen molar-refractivity contribution in [3.05, 3.63) is 36.0 Å². The molecule has 0 spiro atoms. The first-order valence-electron chi connectivity index (χ1n) is 3.39. The van der Waals surface area contributed by atoms with Crippen molar-refractivity contribution in [1.82, 2.24) is 0 Å². The van der Waals surface area contributed by atoms with E-state index >= 15 is 0 Å². The molecule has 0 aromatic heterocycles. The fourth-order valence-corrected chi connectivity index (χ4v) is 0.994. The smallest absolute Gasteiger partial charge is 0.00917 e. The molecular weight excluding hydrogens is 108 g/mol. The molecular formula is C9H12. The molecule has 1 rings (SSSR count). The maximum atomic E-state index is 3.71. The van der Waals surface area contributed by atoms with E-state index in [9.17, 15) is 0 Å². The van der Waals surface area contributed by atoms with E-state index in [-0.39, 0.29) is 0 Å². The Morgan fingerprint density at radius 1 is 1.78 bits per heavy atom. The van der Waals surface area contributed by atoms with Gasteiger partial charge < -0.3 is 0 Å². The Kier molecular flexibility index (Phi) is 1.88. The quantitative estimate of drug-likeness (QED) is 0.525. The van der Waals surface area contributed by atoms with Gasteiger partial charge in [0.25, 0.3) is 0 Å². The maximum absolute atomic E-state index is 3.71. The first kappa shape index (κ1) is 6.34. The van der Waals surface area contributed by atoms with Gasteiger partial charge in [-0.3, -0.25) is 0 Å². The molecule has 0 atom stereocenters. The molecule has 9 heavy (non-hydrogen) atoms. The first-order valence-corrected chi connectivity index (χ1v) is 3.39.